The van der Waals surface area contributed by atoms with Crippen LogP contribution in [0.25, 0.3) is 11.0 Å². The van der Waals surface area contributed by atoms with Crippen LogP contribution in [0.4, 0.5) is 0 Å². The molecule has 2 aromatic rings. The Morgan fingerprint density at radius 1 is 1.32 bits per heavy atom. The van der Waals surface area contributed by atoms with Crippen LogP contribution in [0.5, 0.6) is 0 Å². The number of fused-ring (bicyclic) bond motifs is 1. The van der Waals surface area contributed by atoms with Gasteiger partial charge in [0.05, 0.1) is 18.6 Å². The molecule has 1 N–H and O–H groups in total. The fraction of sp³-hybridized carbons (Fsp3) is 0.500. The molecule has 0 atom stereocenters. The second kappa shape index (κ2) is 6.89. The Labute approximate surface area is 127 Å². The Bertz CT molecular complexity index is 578. The molecule has 2 heterocycles. The number of aromatic nitrogens is 4. The predicted molar refractivity (Wildman–Crippen MR) is 79.6 cm³/mol. The van der Waals surface area contributed by atoms with Crippen LogP contribution >= 0.6 is 39.5 Å². The average molecular weight is 365 g/mol. The molecule has 0 aromatic carbocycles. The molecule has 0 bridgehead atoms. The van der Waals surface area contributed by atoms with Crippen LogP contribution in [-0.2, 0) is 11.5 Å². The fourth-order valence-electron chi connectivity index (χ4n) is 1.53. The predicted octanol–water partition coefficient (Wildman–Crippen LogP) is 2.00. The van der Waals surface area contributed by atoms with E-state index in [2.05, 4.69) is 31.0 Å². The van der Waals surface area contributed by atoms with Crippen molar-refractivity contribution >= 4 is 50.5 Å². The zero-order valence-corrected chi connectivity index (χ0v) is 13.7. The summed E-state index contributed by atoms with van der Waals surface area (Å²) >= 11 is 6.47. The van der Waals surface area contributed by atoms with Gasteiger partial charge in [-0.05, 0) is 28.4 Å². The van der Waals surface area contributed by atoms with Gasteiger partial charge in [0, 0.05) is 0 Å². The Kier molecular flexibility index (Phi) is 5.46. The van der Waals surface area contributed by atoms with Gasteiger partial charge in [0.1, 0.15) is 16.4 Å². The average Bonchev–Trinajstić information content (AvgIpc) is 2.75. The van der Waals surface area contributed by atoms with Crippen molar-refractivity contribution in [3.05, 3.63) is 4.60 Å². The molecule has 2 rings (SSSR count). The first-order valence-corrected chi connectivity index (χ1v) is 8.66. The van der Waals surface area contributed by atoms with Crippen molar-refractivity contribution in [3.63, 3.8) is 0 Å². The van der Waals surface area contributed by atoms with Gasteiger partial charge >= 0.3 is 0 Å². The molecule has 0 spiro atoms. The molecule has 0 aliphatic carbocycles. The number of hydrogen-bond donors (Lipinski definition) is 1. The lowest BCUT2D eigenvalue weighted by atomic mass is 10.4. The Morgan fingerprint density at radius 2 is 2.11 bits per heavy atom. The van der Waals surface area contributed by atoms with E-state index in [9.17, 15) is 0 Å². The second-order valence-corrected chi connectivity index (χ2v) is 5.79. The molecule has 6 nitrogen and oxygen atoms in total. The normalized spacial score (nSPS) is 11.4. The van der Waals surface area contributed by atoms with Crippen molar-refractivity contribution in [3.8, 4) is 0 Å². The number of rotatable bonds is 6. The summed E-state index contributed by atoms with van der Waals surface area (Å²) in [5, 5.41) is 15.6. The number of halogens is 1. The maximum Gasteiger partial charge on any atom is 0.190 e. The molecule has 0 unspecified atom stereocenters. The van der Waals surface area contributed by atoms with Crippen molar-refractivity contribution in [2.24, 2.45) is 0 Å². The molecule has 0 fully saturated rings. The van der Waals surface area contributed by atoms with Gasteiger partial charge < -0.3 is 9.84 Å². The van der Waals surface area contributed by atoms with Gasteiger partial charge in [-0.15, -0.1) is 11.8 Å². The molecule has 0 radical (unpaired) electrons. The minimum absolute atomic E-state index is 0.0124. The minimum atomic E-state index is -0.0124. The lowest BCUT2D eigenvalue weighted by Crippen LogP contribution is -2.08. The first-order valence-electron chi connectivity index (χ1n) is 5.42. The van der Waals surface area contributed by atoms with Crippen molar-refractivity contribution in [1.82, 2.24) is 19.7 Å². The van der Waals surface area contributed by atoms with Crippen LogP contribution in [-0.4, -0.2) is 50.6 Å². The first-order chi connectivity index (χ1) is 9.21. The summed E-state index contributed by atoms with van der Waals surface area (Å²) < 4.78 is 7.66. The van der Waals surface area contributed by atoms with Crippen LogP contribution in [0, 0.1) is 0 Å². The summed E-state index contributed by atoms with van der Waals surface area (Å²) in [7, 11) is 0. The maximum atomic E-state index is 8.73. The van der Waals surface area contributed by atoms with E-state index in [1.165, 1.54) is 11.8 Å². The number of thioether (sulfide) groups is 2. The summed E-state index contributed by atoms with van der Waals surface area (Å²) in [5.41, 5.74) is 0.730. The smallest absolute Gasteiger partial charge is 0.190 e. The third-order valence-corrected chi connectivity index (χ3v) is 4.11. The monoisotopic (exact) mass is 364 g/mol. The second-order valence-electron chi connectivity index (χ2n) is 3.47. The molecule has 2 aromatic heterocycles. The van der Waals surface area contributed by atoms with Crippen LogP contribution in [0.3, 0.4) is 0 Å². The van der Waals surface area contributed by atoms with Crippen molar-refractivity contribution < 1.29 is 9.84 Å². The summed E-state index contributed by atoms with van der Waals surface area (Å²) in [4.78, 5) is 8.93. The number of ether oxygens (including phenoxy) is 1. The van der Waals surface area contributed by atoms with E-state index >= 15 is 0 Å². The van der Waals surface area contributed by atoms with Crippen LogP contribution in [0.1, 0.15) is 0 Å². The number of aliphatic hydroxyl groups is 1. The van der Waals surface area contributed by atoms with Crippen molar-refractivity contribution in [1.29, 1.82) is 0 Å². The van der Waals surface area contributed by atoms with Gasteiger partial charge in [0.25, 0.3) is 0 Å². The number of hydrogen-bond acceptors (Lipinski definition) is 7. The highest BCUT2D eigenvalue weighted by Gasteiger charge is 2.16. The van der Waals surface area contributed by atoms with E-state index in [0.29, 0.717) is 9.76 Å². The quantitative estimate of drug-likeness (QED) is 0.363. The third-order valence-electron chi connectivity index (χ3n) is 2.32. The molecule has 0 saturated heterocycles. The largest absolute Gasteiger partial charge is 0.394 e. The zero-order chi connectivity index (χ0) is 13.8. The summed E-state index contributed by atoms with van der Waals surface area (Å²) in [6.45, 7) is 0.512. The Balaban J connectivity index is 2.47. The lowest BCUT2D eigenvalue weighted by molar-refractivity contribution is 0.0437. The van der Waals surface area contributed by atoms with Gasteiger partial charge in [0.15, 0.2) is 10.8 Å². The standard InChI is InChI=1S/C10H13BrN4O2S2/c1-18-9-6-7(11)14-15(5-17-4-3-16)8(6)12-10(13-9)19-2/h16H,3-5H2,1-2H3. The molecule has 0 amide bonds. The van der Waals surface area contributed by atoms with Gasteiger partial charge in [0.2, 0.25) is 0 Å². The van der Waals surface area contributed by atoms with E-state index < -0.39 is 0 Å². The van der Waals surface area contributed by atoms with E-state index in [1.54, 1.807) is 16.4 Å². The molecular formula is C10H13BrN4O2S2. The van der Waals surface area contributed by atoms with E-state index in [1.807, 2.05) is 12.5 Å². The molecule has 104 valence electrons. The van der Waals surface area contributed by atoms with Gasteiger partial charge in [-0.3, -0.25) is 0 Å². The summed E-state index contributed by atoms with van der Waals surface area (Å²) in [6, 6.07) is 0. The number of aliphatic hydroxyl groups excluding tert-OH is 1. The summed E-state index contributed by atoms with van der Waals surface area (Å²) in [6.07, 6.45) is 3.90. The highest BCUT2D eigenvalue weighted by molar-refractivity contribution is 9.10. The van der Waals surface area contributed by atoms with Gasteiger partial charge in [-0.25, -0.2) is 14.6 Å². The topological polar surface area (TPSA) is 73.1 Å². The van der Waals surface area contributed by atoms with Gasteiger partial charge in [-0.2, -0.15) is 5.10 Å². The molecule has 19 heavy (non-hydrogen) atoms. The van der Waals surface area contributed by atoms with Crippen molar-refractivity contribution in [2.45, 2.75) is 16.9 Å². The zero-order valence-electron chi connectivity index (χ0n) is 10.5. The maximum absolute atomic E-state index is 8.73. The highest BCUT2D eigenvalue weighted by Crippen LogP contribution is 2.31. The van der Waals surface area contributed by atoms with Crippen molar-refractivity contribution in [2.75, 3.05) is 25.7 Å². The molecule has 0 aliphatic heterocycles. The molecule has 0 saturated carbocycles. The lowest BCUT2D eigenvalue weighted by Gasteiger charge is -2.05. The third kappa shape index (κ3) is 3.22. The Morgan fingerprint density at radius 3 is 2.74 bits per heavy atom. The van der Waals surface area contributed by atoms with E-state index in [4.69, 9.17) is 9.84 Å². The number of nitrogens with zero attached hydrogens (tertiary/aromatic N) is 4. The molecule has 0 aliphatic rings. The van der Waals surface area contributed by atoms with Crippen LogP contribution in [0.2, 0.25) is 0 Å². The van der Waals surface area contributed by atoms with Crippen LogP contribution in [0.15, 0.2) is 14.8 Å². The van der Waals surface area contributed by atoms with Gasteiger partial charge in [-0.1, -0.05) is 11.8 Å². The minimum Gasteiger partial charge on any atom is -0.394 e. The highest BCUT2D eigenvalue weighted by atomic mass is 79.9. The fourth-order valence-corrected chi connectivity index (χ4v) is 3.20. The van der Waals surface area contributed by atoms with E-state index in [-0.39, 0.29) is 19.9 Å². The first kappa shape index (κ1) is 15.0. The molecule has 9 heteroatoms. The molecular weight excluding hydrogens is 352 g/mol. The van der Waals surface area contributed by atoms with Crippen LogP contribution < -0.4 is 0 Å². The summed E-state index contributed by atoms with van der Waals surface area (Å²) in [5.74, 6) is 0. The Hall–Kier alpha value is -0.350. The van der Waals surface area contributed by atoms with E-state index in [0.717, 1.165) is 16.1 Å². The SMILES string of the molecule is CSc1nc(SC)c2c(Br)nn(COCCO)c2n1.